The van der Waals surface area contributed by atoms with Crippen LogP contribution in [0.25, 0.3) is 0 Å². The highest BCUT2D eigenvalue weighted by atomic mass is 16.7. The smallest absolute Gasteiger partial charge is 0.181 e. The maximum absolute atomic E-state index is 5.74. The van der Waals surface area contributed by atoms with Gasteiger partial charge in [0.1, 0.15) is 0 Å². The Morgan fingerprint density at radius 1 is 1.44 bits per heavy atom. The van der Waals surface area contributed by atoms with Gasteiger partial charge in [0.05, 0.1) is 19.8 Å². The second-order valence-electron chi connectivity index (χ2n) is 4.50. The molecule has 16 heavy (non-hydrogen) atoms. The fraction of sp³-hybridized carbons (Fsp3) is 0.727. The number of H-pyrrole nitrogens is 1. The third-order valence-corrected chi connectivity index (χ3v) is 3.26. The van der Waals surface area contributed by atoms with Crippen LogP contribution in [-0.4, -0.2) is 47.2 Å². The van der Waals surface area contributed by atoms with E-state index in [0.29, 0.717) is 0 Å². The average Bonchev–Trinajstić information content (AvgIpc) is 2.91. The zero-order valence-corrected chi connectivity index (χ0v) is 9.32. The van der Waals surface area contributed by atoms with E-state index in [1.165, 1.54) is 0 Å². The first-order valence-corrected chi connectivity index (χ1v) is 5.85. The second-order valence-corrected chi connectivity index (χ2v) is 4.50. The third-order valence-electron chi connectivity index (χ3n) is 3.26. The fourth-order valence-electron chi connectivity index (χ4n) is 2.55. The molecule has 2 fully saturated rings. The molecule has 2 saturated heterocycles. The minimum atomic E-state index is -0.321. The van der Waals surface area contributed by atoms with E-state index in [1.54, 1.807) is 6.20 Å². The number of hydrogen-bond donors (Lipinski definition) is 1. The number of hydrogen-bond acceptors (Lipinski definition) is 4. The lowest BCUT2D eigenvalue weighted by Crippen LogP contribution is -2.48. The van der Waals surface area contributed by atoms with Crippen LogP contribution in [-0.2, 0) is 16.0 Å². The molecule has 2 aliphatic heterocycles. The molecule has 2 aliphatic rings. The molecule has 0 amide bonds. The molecule has 0 aromatic carbocycles. The Hall–Kier alpha value is -0.910. The van der Waals surface area contributed by atoms with Crippen LogP contribution in [0.3, 0.4) is 0 Å². The molecule has 1 aromatic rings. The molecule has 3 heterocycles. The van der Waals surface area contributed by atoms with Gasteiger partial charge in [-0.1, -0.05) is 0 Å². The van der Waals surface area contributed by atoms with E-state index in [-0.39, 0.29) is 5.79 Å². The minimum absolute atomic E-state index is 0.321. The van der Waals surface area contributed by atoms with Crippen molar-refractivity contribution in [3.63, 3.8) is 0 Å². The molecule has 0 unspecified atom stereocenters. The second kappa shape index (κ2) is 4.16. The van der Waals surface area contributed by atoms with Gasteiger partial charge in [0.15, 0.2) is 5.79 Å². The number of nitrogens with one attached hydrogen (secondary N) is 1. The molecular formula is C11H17N3O2. The normalized spacial score (nSPS) is 25.2. The predicted octanol–water partition coefficient (Wildman–Crippen LogP) is 0.749. The number of likely N-dealkylation sites (tertiary alicyclic amines) is 1. The Labute approximate surface area is 94.7 Å². The van der Waals surface area contributed by atoms with E-state index in [4.69, 9.17) is 9.47 Å². The predicted molar refractivity (Wildman–Crippen MR) is 57.7 cm³/mol. The van der Waals surface area contributed by atoms with Gasteiger partial charge in [-0.2, -0.15) is 5.10 Å². The molecular weight excluding hydrogens is 206 g/mol. The minimum Gasteiger partial charge on any atom is -0.346 e. The van der Waals surface area contributed by atoms with Crippen LogP contribution < -0.4 is 0 Å². The van der Waals surface area contributed by atoms with E-state index in [9.17, 15) is 0 Å². The molecule has 5 heteroatoms. The largest absolute Gasteiger partial charge is 0.346 e. The monoisotopic (exact) mass is 223 g/mol. The number of piperidine rings is 1. The van der Waals surface area contributed by atoms with Crippen LogP contribution in [0.5, 0.6) is 0 Å². The fourth-order valence-corrected chi connectivity index (χ4v) is 2.55. The molecule has 0 atom stereocenters. The van der Waals surface area contributed by atoms with E-state index < -0.39 is 0 Å². The maximum Gasteiger partial charge on any atom is 0.181 e. The SMILES string of the molecule is c1cc(CN2CCCC3(C2)OCCO3)[nH]n1. The van der Waals surface area contributed by atoms with Crippen molar-refractivity contribution in [1.82, 2.24) is 15.1 Å². The van der Waals surface area contributed by atoms with Gasteiger partial charge in [0.25, 0.3) is 0 Å². The molecule has 1 spiro atoms. The summed E-state index contributed by atoms with van der Waals surface area (Å²) in [7, 11) is 0. The van der Waals surface area contributed by atoms with Gasteiger partial charge in [-0.15, -0.1) is 0 Å². The molecule has 1 N–H and O–H groups in total. The Bertz CT molecular complexity index is 333. The Kier molecular flexibility index (Phi) is 2.67. The van der Waals surface area contributed by atoms with Crippen LogP contribution in [0.1, 0.15) is 18.5 Å². The highest BCUT2D eigenvalue weighted by Crippen LogP contribution is 2.30. The van der Waals surface area contributed by atoms with Crippen molar-refractivity contribution in [1.29, 1.82) is 0 Å². The van der Waals surface area contributed by atoms with Crippen molar-refractivity contribution >= 4 is 0 Å². The summed E-state index contributed by atoms with van der Waals surface area (Å²) < 4.78 is 11.5. The molecule has 0 saturated carbocycles. The van der Waals surface area contributed by atoms with Crippen LogP contribution in [0, 0.1) is 0 Å². The summed E-state index contributed by atoms with van der Waals surface area (Å²) in [6, 6.07) is 2.01. The third kappa shape index (κ3) is 1.98. The zero-order valence-electron chi connectivity index (χ0n) is 9.32. The number of nitrogens with zero attached hydrogens (tertiary/aromatic N) is 2. The first-order valence-electron chi connectivity index (χ1n) is 5.85. The summed E-state index contributed by atoms with van der Waals surface area (Å²) in [4.78, 5) is 2.36. The van der Waals surface area contributed by atoms with E-state index in [1.807, 2.05) is 6.07 Å². The summed E-state index contributed by atoms with van der Waals surface area (Å²) in [5, 5.41) is 6.95. The van der Waals surface area contributed by atoms with Crippen molar-refractivity contribution in [2.24, 2.45) is 0 Å². The van der Waals surface area contributed by atoms with Crippen molar-refractivity contribution in [3.8, 4) is 0 Å². The van der Waals surface area contributed by atoms with E-state index in [0.717, 1.165) is 51.4 Å². The molecule has 3 rings (SSSR count). The summed E-state index contributed by atoms with van der Waals surface area (Å²) >= 11 is 0. The Morgan fingerprint density at radius 3 is 3.06 bits per heavy atom. The molecule has 5 nitrogen and oxygen atoms in total. The first-order chi connectivity index (χ1) is 7.86. The van der Waals surface area contributed by atoms with Crippen LogP contribution in [0.15, 0.2) is 12.3 Å². The molecule has 0 radical (unpaired) electrons. The summed E-state index contributed by atoms with van der Waals surface area (Å²) in [6.45, 7) is 4.34. The topological polar surface area (TPSA) is 50.4 Å². The highest BCUT2D eigenvalue weighted by Gasteiger charge is 2.40. The zero-order chi connectivity index (χ0) is 10.8. The lowest BCUT2D eigenvalue weighted by atomic mass is 10.0. The quantitative estimate of drug-likeness (QED) is 0.803. The number of aromatic amines is 1. The summed E-state index contributed by atoms with van der Waals surface area (Å²) in [6.07, 6.45) is 3.94. The highest BCUT2D eigenvalue weighted by molar-refractivity contribution is 4.98. The van der Waals surface area contributed by atoms with Crippen molar-refractivity contribution in [2.45, 2.75) is 25.2 Å². The van der Waals surface area contributed by atoms with Gasteiger partial charge >= 0.3 is 0 Å². The standard InChI is InChI=1S/C11H17N3O2/c1-3-11(15-6-7-16-11)9-14(5-1)8-10-2-4-12-13-10/h2,4H,1,3,5-9H2,(H,12,13). The van der Waals surface area contributed by atoms with Crippen molar-refractivity contribution in [3.05, 3.63) is 18.0 Å². The Morgan fingerprint density at radius 2 is 2.31 bits per heavy atom. The van der Waals surface area contributed by atoms with Crippen LogP contribution >= 0.6 is 0 Å². The number of rotatable bonds is 2. The van der Waals surface area contributed by atoms with E-state index in [2.05, 4.69) is 15.1 Å². The van der Waals surface area contributed by atoms with Gasteiger partial charge < -0.3 is 9.47 Å². The Balaban J connectivity index is 1.63. The van der Waals surface area contributed by atoms with Crippen LogP contribution in [0.4, 0.5) is 0 Å². The molecule has 0 bridgehead atoms. The van der Waals surface area contributed by atoms with Gasteiger partial charge in [0, 0.05) is 24.9 Å². The number of ether oxygens (including phenoxy) is 2. The van der Waals surface area contributed by atoms with Gasteiger partial charge in [0.2, 0.25) is 0 Å². The number of aromatic nitrogens is 2. The lowest BCUT2D eigenvalue weighted by molar-refractivity contribution is -0.190. The molecule has 0 aliphatic carbocycles. The van der Waals surface area contributed by atoms with Crippen molar-refractivity contribution in [2.75, 3.05) is 26.3 Å². The lowest BCUT2D eigenvalue weighted by Gasteiger charge is -2.38. The molecule has 1 aromatic heterocycles. The van der Waals surface area contributed by atoms with Gasteiger partial charge in [-0.3, -0.25) is 10.00 Å². The van der Waals surface area contributed by atoms with E-state index >= 15 is 0 Å². The van der Waals surface area contributed by atoms with Crippen LogP contribution in [0.2, 0.25) is 0 Å². The van der Waals surface area contributed by atoms with Crippen molar-refractivity contribution < 1.29 is 9.47 Å². The van der Waals surface area contributed by atoms with Gasteiger partial charge in [-0.05, 0) is 19.0 Å². The van der Waals surface area contributed by atoms with Gasteiger partial charge in [-0.25, -0.2) is 0 Å². The average molecular weight is 223 g/mol. The first kappa shape index (κ1) is 10.3. The molecule has 88 valence electrons. The maximum atomic E-state index is 5.74. The summed E-state index contributed by atoms with van der Waals surface area (Å²) in [5.41, 5.74) is 1.15. The summed E-state index contributed by atoms with van der Waals surface area (Å²) in [5.74, 6) is -0.321.